The first-order valence-corrected chi connectivity index (χ1v) is 6.35. The number of ether oxygens (including phenoxy) is 1. The van der Waals surface area contributed by atoms with E-state index in [1.807, 2.05) is 11.8 Å². The topological polar surface area (TPSA) is 55.6 Å². The van der Waals surface area contributed by atoms with Crippen LogP contribution < -0.4 is 5.73 Å². The summed E-state index contributed by atoms with van der Waals surface area (Å²) in [5.74, 6) is 0.281. The number of amides is 1. The SMILES string of the molecule is CCCC(=O)N1CCC2(CC1)OCCC2N. The number of nitrogens with zero attached hydrogens (tertiary/aromatic N) is 1. The van der Waals surface area contributed by atoms with Crippen molar-refractivity contribution in [2.24, 2.45) is 5.73 Å². The second kappa shape index (κ2) is 4.72. The number of hydrogen-bond acceptors (Lipinski definition) is 3. The third-order valence-electron chi connectivity index (χ3n) is 3.92. The number of carbonyl (C=O) groups excluding carboxylic acids is 1. The molecule has 0 aromatic rings. The van der Waals surface area contributed by atoms with Crippen LogP contribution in [0.15, 0.2) is 0 Å². The predicted octanol–water partition coefficient (Wildman–Crippen LogP) is 0.895. The number of rotatable bonds is 2. The summed E-state index contributed by atoms with van der Waals surface area (Å²) >= 11 is 0. The fraction of sp³-hybridized carbons (Fsp3) is 0.917. The van der Waals surface area contributed by atoms with Crippen molar-refractivity contribution >= 4 is 5.91 Å². The number of piperidine rings is 1. The van der Waals surface area contributed by atoms with E-state index in [0.29, 0.717) is 6.42 Å². The van der Waals surface area contributed by atoms with Gasteiger partial charge in [0.2, 0.25) is 5.91 Å². The first-order valence-electron chi connectivity index (χ1n) is 6.35. The first kappa shape index (κ1) is 11.9. The monoisotopic (exact) mass is 226 g/mol. The van der Waals surface area contributed by atoms with Gasteiger partial charge in [-0.25, -0.2) is 0 Å². The van der Waals surface area contributed by atoms with Gasteiger partial charge in [0, 0.05) is 32.2 Å². The van der Waals surface area contributed by atoms with Crippen molar-refractivity contribution < 1.29 is 9.53 Å². The number of likely N-dealkylation sites (tertiary alicyclic amines) is 1. The van der Waals surface area contributed by atoms with E-state index in [-0.39, 0.29) is 17.6 Å². The second-order valence-corrected chi connectivity index (χ2v) is 4.94. The standard InChI is InChI=1S/C12H22N2O2/c1-2-3-11(15)14-7-5-12(6-8-14)10(13)4-9-16-12/h10H,2-9,13H2,1H3. The van der Waals surface area contributed by atoms with Crippen molar-refractivity contribution in [3.8, 4) is 0 Å². The quantitative estimate of drug-likeness (QED) is 0.761. The van der Waals surface area contributed by atoms with Crippen LogP contribution in [-0.2, 0) is 9.53 Å². The molecule has 0 radical (unpaired) electrons. The Hall–Kier alpha value is -0.610. The Bertz CT molecular complexity index is 260. The van der Waals surface area contributed by atoms with E-state index >= 15 is 0 Å². The van der Waals surface area contributed by atoms with Gasteiger partial charge in [0.15, 0.2) is 0 Å². The lowest BCUT2D eigenvalue weighted by molar-refractivity contribution is -0.136. The van der Waals surface area contributed by atoms with Gasteiger partial charge in [-0.1, -0.05) is 6.92 Å². The molecule has 2 fully saturated rings. The van der Waals surface area contributed by atoms with E-state index in [0.717, 1.165) is 45.4 Å². The maximum Gasteiger partial charge on any atom is 0.222 e. The summed E-state index contributed by atoms with van der Waals surface area (Å²) in [7, 11) is 0. The highest BCUT2D eigenvalue weighted by atomic mass is 16.5. The molecular weight excluding hydrogens is 204 g/mol. The largest absolute Gasteiger partial charge is 0.373 e. The molecule has 0 bridgehead atoms. The Kier molecular flexibility index (Phi) is 3.50. The highest BCUT2D eigenvalue weighted by Gasteiger charge is 2.44. The third kappa shape index (κ3) is 2.09. The second-order valence-electron chi connectivity index (χ2n) is 4.94. The van der Waals surface area contributed by atoms with Gasteiger partial charge in [-0.05, 0) is 25.7 Å². The Morgan fingerprint density at radius 3 is 2.69 bits per heavy atom. The molecule has 4 heteroatoms. The highest BCUT2D eigenvalue weighted by molar-refractivity contribution is 5.76. The summed E-state index contributed by atoms with van der Waals surface area (Å²) in [5.41, 5.74) is 5.97. The number of nitrogens with two attached hydrogens (primary N) is 1. The zero-order valence-electron chi connectivity index (χ0n) is 10.1. The van der Waals surface area contributed by atoms with E-state index in [4.69, 9.17) is 10.5 Å². The molecule has 2 aliphatic rings. The van der Waals surface area contributed by atoms with Gasteiger partial charge < -0.3 is 15.4 Å². The summed E-state index contributed by atoms with van der Waals surface area (Å²) in [5, 5.41) is 0. The van der Waals surface area contributed by atoms with Crippen LogP contribution in [0.3, 0.4) is 0 Å². The lowest BCUT2D eigenvalue weighted by atomic mass is 9.85. The molecule has 0 aromatic carbocycles. The lowest BCUT2D eigenvalue weighted by Crippen LogP contribution is -2.53. The fourth-order valence-electron chi connectivity index (χ4n) is 2.78. The molecule has 1 atom stereocenters. The molecule has 1 amide bonds. The minimum absolute atomic E-state index is 0.122. The number of carbonyl (C=O) groups is 1. The molecule has 2 saturated heterocycles. The fourth-order valence-corrected chi connectivity index (χ4v) is 2.78. The lowest BCUT2D eigenvalue weighted by Gasteiger charge is -2.41. The number of hydrogen-bond donors (Lipinski definition) is 1. The Morgan fingerprint density at radius 1 is 1.50 bits per heavy atom. The van der Waals surface area contributed by atoms with Crippen LogP contribution in [0.5, 0.6) is 0 Å². The Morgan fingerprint density at radius 2 is 2.19 bits per heavy atom. The molecule has 2 N–H and O–H groups in total. The molecule has 92 valence electrons. The van der Waals surface area contributed by atoms with Gasteiger partial charge >= 0.3 is 0 Å². The summed E-state index contributed by atoms with van der Waals surface area (Å²) in [6, 6.07) is 0.163. The maximum absolute atomic E-state index is 11.7. The summed E-state index contributed by atoms with van der Waals surface area (Å²) in [6.07, 6.45) is 4.37. The van der Waals surface area contributed by atoms with Crippen molar-refractivity contribution in [2.45, 2.75) is 50.7 Å². The Labute approximate surface area is 97.1 Å². The molecule has 1 unspecified atom stereocenters. The zero-order valence-corrected chi connectivity index (χ0v) is 10.1. The van der Waals surface area contributed by atoms with Gasteiger partial charge in [-0.15, -0.1) is 0 Å². The van der Waals surface area contributed by atoms with Crippen LogP contribution in [0.4, 0.5) is 0 Å². The molecule has 16 heavy (non-hydrogen) atoms. The first-order chi connectivity index (χ1) is 7.68. The molecular formula is C12H22N2O2. The average molecular weight is 226 g/mol. The van der Waals surface area contributed by atoms with Gasteiger partial charge in [0.05, 0.1) is 5.60 Å². The van der Waals surface area contributed by atoms with Crippen molar-refractivity contribution in [2.75, 3.05) is 19.7 Å². The van der Waals surface area contributed by atoms with Crippen molar-refractivity contribution in [3.05, 3.63) is 0 Å². The third-order valence-corrected chi connectivity index (χ3v) is 3.92. The van der Waals surface area contributed by atoms with Crippen LogP contribution in [0.2, 0.25) is 0 Å². The normalized spacial score (nSPS) is 28.6. The predicted molar refractivity (Wildman–Crippen MR) is 62.0 cm³/mol. The maximum atomic E-state index is 11.7. The van der Waals surface area contributed by atoms with Crippen molar-refractivity contribution in [3.63, 3.8) is 0 Å². The molecule has 2 aliphatic heterocycles. The zero-order chi connectivity index (χ0) is 11.6. The van der Waals surface area contributed by atoms with Crippen LogP contribution in [-0.4, -0.2) is 42.1 Å². The van der Waals surface area contributed by atoms with Crippen LogP contribution in [0.25, 0.3) is 0 Å². The minimum atomic E-state index is -0.122. The highest BCUT2D eigenvalue weighted by Crippen LogP contribution is 2.35. The van der Waals surface area contributed by atoms with Crippen LogP contribution >= 0.6 is 0 Å². The smallest absolute Gasteiger partial charge is 0.222 e. The molecule has 2 heterocycles. The summed E-state index contributed by atoms with van der Waals surface area (Å²) in [4.78, 5) is 13.7. The average Bonchev–Trinajstić information content (AvgIpc) is 2.62. The molecule has 0 saturated carbocycles. The van der Waals surface area contributed by atoms with E-state index < -0.39 is 0 Å². The van der Waals surface area contributed by atoms with Crippen molar-refractivity contribution in [1.82, 2.24) is 4.90 Å². The minimum Gasteiger partial charge on any atom is -0.373 e. The van der Waals surface area contributed by atoms with E-state index in [2.05, 4.69) is 0 Å². The van der Waals surface area contributed by atoms with Gasteiger partial charge in [-0.2, -0.15) is 0 Å². The van der Waals surface area contributed by atoms with Gasteiger partial charge in [-0.3, -0.25) is 4.79 Å². The van der Waals surface area contributed by atoms with Crippen LogP contribution in [0.1, 0.15) is 39.0 Å². The molecule has 0 aromatic heterocycles. The summed E-state index contributed by atoms with van der Waals surface area (Å²) < 4.78 is 5.82. The molecule has 0 aliphatic carbocycles. The molecule has 4 nitrogen and oxygen atoms in total. The van der Waals surface area contributed by atoms with Gasteiger partial charge in [0.25, 0.3) is 0 Å². The van der Waals surface area contributed by atoms with Gasteiger partial charge in [0.1, 0.15) is 0 Å². The Balaban J connectivity index is 1.89. The molecule has 1 spiro atoms. The van der Waals surface area contributed by atoms with Crippen molar-refractivity contribution in [1.29, 1.82) is 0 Å². The summed E-state index contributed by atoms with van der Waals surface area (Å²) in [6.45, 7) is 4.45. The van der Waals surface area contributed by atoms with E-state index in [1.165, 1.54) is 0 Å². The molecule has 2 rings (SSSR count). The van der Waals surface area contributed by atoms with E-state index in [9.17, 15) is 4.79 Å². The van der Waals surface area contributed by atoms with Crippen LogP contribution in [0, 0.1) is 0 Å². The van der Waals surface area contributed by atoms with E-state index in [1.54, 1.807) is 0 Å².